The van der Waals surface area contributed by atoms with Gasteiger partial charge < -0.3 is 9.84 Å². The quantitative estimate of drug-likeness (QED) is 0.666. The van der Waals surface area contributed by atoms with E-state index in [1.165, 1.54) is 31.5 Å². The second-order valence-corrected chi connectivity index (χ2v) is 4.37. The number of rotatable bonds is 4. The standard InChI is InChI=1S/C15H13F3N2O2/c1-22-13-5-6-14(21)10(7-13)9-19-20-12-4-2-3-11(8-12)15(16,17)18/h2-9,20-21H,1H3. The monoisotopic (exact) mass is 310 g/mol. The third-order valence-corrected chi connectivity index (χ3v) is 2.82. The van der Waals surface area contributed by atoms with Crippen LogP contribution >= 0.6 is 0 Å². The van der Waals surface area contributed by atoms with E-state index < -0.39 is 11.7 Å². The SMILES string of the molecule is COc1ccc(O)c(C=NNc2cccc(C(F)(F)F)c2)c1. The van der Waals surface area contributed by atoms with Crippen LogP contribution in [0.1, 0.15) is 11.1 Å². The molecule has 0 saturated carbocycles. The van der Waals surface area contributed by atoms with Crippen LogP contribution in [0.2, 0.25) is 0 Å². The summed E-state index contributed by atoms with van der Waals surface area (Å²) in [5.74, 6) is 0.508. The number of anilines is 1. The van der Waals surface area contributed by atoms with E-state index in [1.807, 2.05) is 0 Å². The molecule has 0 saturated heterocycles. The van der Waals surface area contributed by atoms with E-state index in [4.69, 9.17) is 4.74 Å². The molecule has 0 aliphatic carbocycles. The zero-order chi connectivity index (χ0) is 16.2. The third kappa shape index (κ3) is 3.91. The minimum Gasteiger partial charge on any atom is -0.507 e. The molecule has 0 amide bonds. The number of methoxy groups -OCH3 is 1. The van der Waals surface area contributed by atoms with Gasteiger partial charge in [-0.05, 0) is 36.4 Å². The lowest BCUT2D eigenvalue weighted by atomic mass is 10.2. The average molecular weight is 310 g/mol. The van der Waals surface area contributed by atoms with Gasteiger partial charge in [-0.25, -0.2) is 0 Å². The number of benzene rings is 2. The van der Waals surface area contributed by atoms with Crippen molar-refractivity contribution in [3.63, 3.8) is 0 Å². The zero-order valence-corrected chi connectivity index (χ0v) is 11.6. The van der Waals surface area contributed by atoms with Crippen LogP contribution < -0.4 is 10.2 Å². The topological polar surface area (TPSA) is 53.9 Å². The number of hydrazone groups is 1. The van der Waals surface area contributed by atoms with E-state index in [2.05, 4.69) is 10.5 Å². The van der Waals surface area contributed by atoms with Crippen LogP contribution in [0.15, 0.2) is 47.6 Å². The second-order valence-electron chi connectivity index (χ2n) is 4.37. The number of aromatic hydroxyl groups is 1. The summed E-state index contributed by atoms with van der Waals surface area (Å²) < 4.78 is 42.7. The van der Waals surface area contributed by atoms with E-state index >= 15 is 0 Å². The number of nitrogens with zero attached hydrogens (tertiary/aromatic N) is 1. The number of phenols is 1. The summed E-state index contributed by atoms with van der Waals surface area (Å²) in [6.45, 7) is 0. The lowest BCUT2D eigenvalue weighted by Gasteiger charge is -2.08. The van der Waals surface area contributed by atoms with Crippen molar-refractivity contribution in [1.29, 1.82) is 0 Å². The molecule has 0 aliphatic heterocycles. The van der Waals surface area contributed by atoms with Gasteiger partial charge in [0.2, 0.25) is 0 Å². The molecule has 7 heteroatoms. The van der Waals surface area contributed by atoms with Gasteiger partial charge in [0.15, 0.2) is 0 Å². The first-order chi connectivity index (χ1) is 10.4. The molecule has 0 aliphatic rings. The number of hydrogen-bond acceptors (Lipinski definition) is 4. The van der Waals surface area contributed by atoms with Gasteiger partial charge in [-0.1, -0.05) is 6.07 Å². The Labute approximate surface area is 124 Å². The third-order valence-electron chi connectivity index (χ3n) is 2.82. The smallest absolute Gasteiger partial charge is 0.416 e. The van der Waals surface area contributed by atoms with E-state index in [0.29, 0.717) is 11.3 Å². The Balaban J connectivity index is 2.13. The van der Waals surface area contributed by atoms with Crippen molar-refractivity contribution in [3.8, 4) is 11.5 Å². The van der Waals surface area contributed by atoms with Crippen molar-refractivity contribution >= 4 is 11.9 Å². The predicted octanol–water partition coefficient (Wildman–Crippen LogP) is 3.87. The van der Waals surface area contributed by atoms with Crippen molar-refractivity contribution < 1.29 is 23.0 Å². The molecule has 2 rings (SSSR count). The Bertz CT molecular complexity index is 685. The molecule has 2 N–H and O–H groups in total. The highest BCUT2D eigenvalue weighted by molar-refractivity contribution is 5.84. The lowest BCUT2D eigenvalue weighted by molar-refractivity contribution is -0.137. The number of alkyl halides is 3. The van der Waals surface area contributed by atoms with Crippen LogP contribution in [0, 0.1) is 0 Å². The molecule has 0 heterocycles. The van der Waals surface area contributed by atoms with Gasteiger partial charge >= 0.3 is 6.18 Å². The number of halogens is 3. The Morgan fingerprint density at radius 3 is 2.64 bits per heavy atom. The largest absolute Gasteiger partial charge is 0.507 e. The molecule has 2 aromatic rings. The molecule has 0 fully saturated rings. The average Bonchev–Trinajstić information content (AvgIpc) is 2.48. The highest BCUT2D eigenvalue weighted by Gasteiger charge is 2.30. The first kappa shape index (κ1) is 15.7. The molecule has 0 bridgehead atoms. The van der Waals surface area contributed by atoms with Gasteiger partial charge in [0.25, 0.3) is 0 Å². The fourth-order valence-corrected chi connectivity index (χ4v) is 1.70. The Morgan fingerprint density at radius 2 is 1.95 bits per heavy atom. The number of ether oxygens (including phenoxy) is 1. The molecule has 0 spiro atoms. The molecule has 116 valence electrons. The predicted molar refractivity (Wildman–Crippen MR) is 77.3 cm³/mol. The van der Waals surface area contributed by atoms with Crippen molar-refractivity contribution in [2.45, 2.75) is 6.18 Å². The summed E-state index contributed by atoms with van der Waals surface area (Å²) in [5.41, 5.74) is 2.28. The highest BCUT2D eigenvalue weighted by atomic mass is 19.4. The van der Waals surface area contributed by atoms with Crippen molar-refractivity contribution in [3.05, 3.63) is 53.6 Å². The molecular weight excluding hydrogens is 297 g/mol. The summed E-state index contributed by atoms with van der Waals surface area (Å²) >= 11 is 0. The molecule has 0 unspecified atom stereocenters. The molecular formula is C15H13F3N2O2. The van der Waals surface area contributed by atoms with E-state index in [9.17, 15) is 18.3 Å². The van der Waals surface area contributed by atoms with Gasteiger partial charge in [-0.3, -0.25) is 5.43 Å². The van der Waals surface area contributed by atoms with Crippen LogP contribution in [-0.4, -0.2) is 18.4 Å². The van der Waals surface area contributed by atoms with E-state index in [-0.39, 0.29) is 11.4 Å². The second kappa shape index (κ2) is 6.38. The summed E-state index contributed by atoms with van der Waals surface area (Å²) in [6.07, 6.45) is -3.12. The van der Waals surface area contributed by atoms with Crippen molar-refractivity contribution in [2.75, 3.05) is 12.5 Å². The molecule has 22 heavy (non-hydrogen) atoms. The summed E-state index contributed by atoms with van der Waals surface area (Å²) in [6, 6.07) is 9.22. The van der Waals surface area contributed by atoms with Gasteiger partial charge in [-0.2, -0.15) is 18.3 Å². The van der Waals surface area contributed by atoms with Gasteiger partial charge in [-0.15, -0.1) is 0 Å². The van der Waals surface area contributed by atoms with Crippen LogP contribution in [0.25, 0.3) is 0 Å². The first-order valence-electron chi connectivity index (χ1n) is 6.23. The van der Waals surface area contributed by atoms with E-state index in [0.717, 1.165) is 12.1 Å². The normalized spacial score (nSPS) is 11.6. The number of hydrogen-bond donors (Lipinski definition) is 2. The fraction of sp³-hybridized carbons (Fsp3) is 0.133. The minimum absolute atomic E-state index is 0.0182. The number of nitrogens with one attached hydrogen (secondary N) is 1. The van der Waals surface area contributed by atoms with Gasteiger partial charge in [0, 0.05) is 5.56 Å². The lowest BCUT2D eigenvalue weighted by Crippen LogP contribution is -2.05. The maximum absolute atomic E-state index is 12.6. The van der Waals surface area contributed by atoms with E-state index in [1.54, 1.807) is 12.1 Å². The summed E-state index contributed by atoms with van der Waals surface area (Å²) in [7, 11) is 1.48. The summed E-state index contributed by atoms with van der Waals surface area (Å²) in [4.78, 5) is 0. The van der Waals surface area contributed by atoms with Crippen LogP contribution in [0.5, 0.6) is 11.5 Å². The van der Waals surface area contributed by atoms with Crippen molar-refractivity contribution in [1.82, 2.24) is 0 Å². The first-order valence-corrected chi connectivity index (χ1v) is 6.23. The van der Waals surface area contributed by atoms with Gasteiger partial charge in [0.05, 0.1) is 24.6 Å². The maximum Gasteiger partial charge on any atom is 0.416 e. The molecule has 2 aromatic carbocycles. The Hall–Kier alpha value is -2.70. The molecule has 0 radical (unpaired) electrons. The zero-order valence-electron chi connectivity index (χ0n) is 11.6. The van der Waals surface area contributed by atoms with Gasteiger partial charge in [0.1, 0.15) is 11.5 Å². The maximum atomic E-state index is 12.6. The molecule has 0 atom stereocenters. The highest BCUT2D eigenvalue weighted by Crippen LogP contribution is 2.30. The minimum atomic E-state index is -4.41. The fourth-order valence-electron chi connectivity index (χ4n) is 1.70. The summed E-state index contributed by atoms with van der Waals surface area (Å²) in [5, 5.41) is 13.5. The Kier molecular flexibility index (Phi) is 4.55. The van der Waals surface area contributed by atoms with Crippen LogP contribution in [-0.2, 0) is 6.18 Å². The van der Waals surface area contributed by atoms with Crippen molar-refractivity contribution in [2.24, 2.45) is 5.10 Å². The molecule has 0 aromatic heterocycles. The Morgan fingerprint density at radius 1 is 1.18 bits per heavy atom. The van der Waals surface area contributed by atoms with Crippen LogP contribution in [0.4, 0.5) is 18.9 Å². The molecule has 4 nitrogen and oxygen atoms in total. The number of phenolic OH excluding ortho intramolecular Hbond substituents is 1. The van der Waals surface area contributed by atoms with Crippen LogP contribution in [0.3, 0.4) is 0 Å².